The van der Waals surface area contributed by atoms with E-state index < -0.39 is 32.8 Å². The van der Waals surface area contributed by atoms with Crippen molar-refractivity contribution in [1.29, 1.82) is 0 Å². The van der Waals surface area contributed by atoms with Crippen molar-refractivity contribution >= 4 is 33.6 Å². The normalized spacial score (nSPS) is 19.6. The van der Waals surface area contributed by atoms with Crippen LogP contribution in [-0.2, 0) is 14.6 Å². The van der Waals surface area contributed by atoms with Crippen molar-refractivity contribution in [3.63, 3.8) is 0 Å². The molecular formula is C14H15F2NO3S2. The minimum Gasteiger partial charge on any atom is -0.320 e. The molecule has 0 aromatic heterocycles. The molecule has 0 spiro atoms. The van der Waals surface area contributed by atoms with Gasteiger partial charge in [-0.2, -0.15) is 11.8 Å². The van der Waals surface area contributed by atoms with E-state index in [0.29, 0.717) is 11.5 Å². The Kier molecular flexibility index (Phi) is 5.23. The first-order valence-electron chi connectivity index (χ1n) is 6.50. The van der Waals surface area contributed by atoms with Crippen LogP contribution in [0.5, 0.6) is 0 Å². The molecule has 1 aromatic carbocycles. The summed E-state index contributed by atoms with van der Waals surface area (Å²) in [6, 6.07) is 3.40. The third-order valence-corrected chi connectivity index (χ3v) is 5.90. The molecule has 1 aliphatic rings. The van der Waals surface area contributed by atoms with Gasteiger partial charge in [-0.3, -0.25) is 4.79 Å². The van der Waals surface area contributed by atoms with Crippen LogP contribution in [0, 0.1) is 11.6 Å². The summed E-state index contributed by atoms with van der Waals surface area (Å²) in [4.78, 5) is 13.4. The van der Waals surface area contributed by atoms with Gasteiger partial charge in [-0.15, -0.1) is 0 Å². The number of nitrogens with zero attached hydrogens (tertiary/aromatic N) is 1. The molecule has 22 heavy (non-hydrogen) atoms. The van der Waals surface area contributed by atoms with Crippen LogP contribution in [0.25, 0.3) is 6.08 Å². The third kappa shape index (κ3) is 3.86. The summed E-state index contributed by atoms with van der Waals surface area (Å²) in [7, 11) is -3.42. The molecule has 0 N–H and O–H groups in total. The Morgan fingerprint density at radius 1 is 1.36 bits per heavy atom. The molecule has 1 amide bonds. The molecule has 2 rings (SSSR count). The van der Waals surface area contributed by atoms with Gasteiger partial charge in [-0.05, 0) is 18.2 Å². The molecular weight excluding hydrogens is 332 g/mol. The van der Waals surface area contributed by atoms with Gasteiger partial charge in [-0.1, -0.05) is 6.07 Å². The van der Waals surface area contributed by atoms with Crippen LogP contribution in [0.15, 0.2) is 24.3 Å². The van der Waals surface area contributed by atoms with Gasteiger partial charge in [0.15, 0.2) is 9.84 Å². The molecule has 0 bridgehead atoms. The van der Waals surface area contributed by atoms with E-state index in [4.69, 9.17) is 0 Å². The Morgan fingerprint density at radius 2 is 2.00 bits per heavy atom. The van der Waals surface area contributed by atoms with Crippen molar-refractivity contribution in [2.45, 2.75) is 5.37 Å². The molecule has 8 heteroatoms. The Bertz CT molecular complexity index is 684. The van der Waals surface area contributed by atoms with Gasteiger partial charge in [0.25, 0.3) is 0 Å². The Balaban J connectivity index is 2.22. The molecule has 1 heterocycles. The van der Waals surface area contributed by atoms with Crippen LogP contribution in [0.1, 0.15) is 5.56 Å². The van der Waals surface area contributed by atoms with Crippen molar-refractivity contribution in [3.8, 4) is 0 Å². The quantitative estimate of drug-likeness (QED) is 0.784. The monoisotopic (exact) mass is 347 g/mol. The molecule has 1 atom stereocenters. The first kappa shape index (κ1) is 17.0. The van der Waals surface area contributed by atoms with Gasteiger partial charge in [0, 0.05) is 35.9 Å². The van der Waals surface area contributed by atoms with Crippen molar-refractivity contribution in [3.05, 3.63) is 41.5 Å². The molecule has 1 aromatic rings. The number of thioether (sulfide) groups is 1. The standard InChI is InChI=1S/C14H15F2NO3S2/c1-22(19,20)14-9-21-8-7-17(14)13(18)6-5-10-11(15)3-2-4-12(10)16/h2-6,14H,7-9H2,1H3/b6-5+/t14-/m1/s1. The van der Waals surface area contributed by atoms with E-state index in [1.165, 1.54) is 22.7 Å². The summed E-state index contributed by atoms with van der Waals surface area (Å²) in [6.45, 7) is 0.283. The van der Waals surface area contributed by atoms with E-state index in [1.54, 1.807) is 0 Å². The van der Waals surface area contributed by atoms with E-state index >= 15 is 0 Å². The lowest BCUT2D eigenvalue weighted by atomic mass is 10.2. The first-order chi connectivity index (χ1) is 10.3. The van der Waals surface area contributed by atoms with E-state index in [9.17, 15) is 22.0 Å². The second kappa shape index (κ2) is 6.78. The zero-order chi connectivity index (χ0) is 16.3. The number of hydrogen-bond acceptors (Lipinski definition) is 4. The maximum atomic E-state index is 13.5. The highest BCUT2D eigenvalue weighted by atomic mass is 32.2. The number of rotatable bonds is 3. The predicted molar refractivity (Wildman–Crippen MR) is 83.1 cm³/mol. The maximum Gasteiger partial charge on any atom is 0.247 e. The number of benzene rings is 1. The zero-order valence-electron chi connectivity index (χ0n) is 11.8. The summed E-state index contributed by atoms with van der Waals surface area (Å²) < 4.78 is 50.5. The fourth-order valence-electron chi connectivity index (χ4n) is 2.11. The van der Waals surface area contributed by atoms with Gasteiger partial charge in [0.2, 0.25) is 5.91 Å². The number of halogens is 2. The van der Waals surface area contributed by atoms with Crippen LogP contribution < -0.4 is 0 Å². The second-order valence-corrected chi connectivity index (χ2v) is 8.21. The smallest absolute Gasteiger partial charge is 0.247 e. The van der Waals surface area contributed by atoms with Gasteiger partial charge in [0.05, 0.1) is 0 Å². The minimum absolute atomic E-state index is 0.283. The highest BCUT2D eigenvalue weighted by Gasteiger charge is 2.33. The summed E-state index contributed by atoms with van der Waals surface area (Å²) >= 11 is 1.45. The summed E-state index contributed by atoms with van der Waals surface area (Å²) in [5.41, 5.74) is -0.321. The first-order valence-corrected chi connectivity index (χ1v) is 9.61. The lowest BCUT2D eigenvalue weighted by Gasteiger charge is -2.33. The summed E-state index contributed by atoms with van der Waals surface area (Å²) in [6.07, 6.45) is 3.12. The Hall–Kier alpha value is -1.41. The number of amides is 1. The molecule has 0 aliphatic carbocycles. The van der Waals surface area contributed by atoms with E-state index in [1.807, 2.05) is 0 Å². The van der Waals surface area contributed by atoms with E-state index in [-0.39, 0.29) is 12.1 Å². The summed E-state index contributed by atoms with van der Waals surface area (Å²) in [5, 5.41) is -0.908. The van der Waals surface area contributed by atoms with Crippen LogP contribution >= 0.6 is 11.8 Å². The molecule has 0 saturated carbocycles. The minimum atomic E-state index is -3.42. The van der Waals surface area contributed by atoms with Gasteiger partial charge >= 0.3 is 0 Å². The van der Waals surface area contributed by atoms with E-state index in [2.05, 4.69) is 0 Å². The topological polar surface area (TPSA) is 54.5 Å². The fraction of sp³-hybridized carbons (Fsp3) is 0.357. The lowest BCUT2D eigenvalue weighted by Crippen LogP contribution is -2.49. The van der Waals surface area contributed by atoms with Crippen molar-refractivity contribution in [2.24, 2.45) is 0 Å². The largest absolute Gasteiger partial charge is 0.320 e. The maximum absolute atomic E-state index is 13.5. The average molecular weight is 347 g/mol. The molecule has 0 unspecified atom stereocenters. The Morgan fingerprint density at radius 3 is 2.59 bits per heavy atom. The lowest BCUT2D eigenvalue weighted by molar-refractivity contribution is -0.126. The highest BCUT2D eigenvalue weighted by molar-refractivity contribution is 8.00. The second-order valence-electron chi connectivity index (χ2n) is 4.86. The van der Waals surface area contributed by atoms with Gasteiger partial charge in [-0.25, -0.2) is 17.2 Å². The molecule has 120 valence electrons. The SMILES string of the molecule is CS(=O)(=O)[C@@H]1CSCCN1C(=O)/C=C/c1c(F)cccc1F. The summed E-state index contributed by atoms with van der Waals surface area (Å²) in [5.74, 6) is -1.21. The van der Waals surface area contributed by atoms with Crippen molar-refractivity contribution in [2.75, 3.05) is 24.3 Å². The van der Waals surface area contributed by atoms with Gasteiger partial charge in [0.1, 0.15) is 17.0 Å². The third-order valence-electron chi connectivity index (χ3n) is 3.25. The molecule has 1 aliphatic heterocycles. The predicted octanol–water partition coefficient (Wildman–Crippen LogP) is 1.92. The van der Waals surface area contributed by atoms with Gasteiger partial charge < -0.3 is 4.90 Å². The molecule has 0 radical (unpaired) electrons. The van der Waals surface area contributed by atoms with E-state index in [0.717, 1.165) is 30.5 Å². The number of sulfone groups is 1. The number of hydrogen-bond donors (Lipinski definition) is 0. The average Bonchev–Trinajstić information content (AvgIpc) is 2.45. The van der Waals surface area contributed by atoms with Crippen molar-refractivity contribution < 1.29 is 22.0 Å². The Labute approximate surface area is 132 Å². The van der Waals surface area contributed by atoms with Crippen LogP contribution in [-0.4, -0.2) is 48.9 Å². The molecule has 4 nitrogen and oxygen atoms in total. The number of carbonyl (C=O) groups excluding carboxylic acids is 1. The van der Waals surface area contributed by atoms with Crippen LogP contribution in [0.4, 0.5) is 8.78 Å². The van der Waals surface area contributed by atoms with Crippen molar-refractivity contribution in [1.82, 2.24) is 4.90 Å². The van der Waals surface area contributed by atoms with Crippen LogP contribution in [0.3, 0.4) is 0 Å². The zero-order valence-corrected chi connectivity index (χ0v) is 13.5. The van der Waals surface area contributed by atoms with Crippen LogP contribution in [0.2, 0.25) is 0 Å². The number of carbonyl (C=O) groups is 1. The fourth-order valence-corrected chi connectivity index (χ4v) is 4.93. The molecule has 1 fully saturated rings. The molecule has 1 saturated heterocycles. The highest BCUT2D eigenvalue weighted by Crippen LogP contribution is 2.21.